The van der Waals surface area contributed by atoms with E-state index in [-0.39, 0.29) is 5.75 Å². The molecule has 9 nitrogen and oxygen atoms in total. The van der Waals surface area contributed by atoms with Crippen LogP contribution in [0.15, 0.2) is 42.7 Å². The summed E-state index contributed by atoms with van der Waals surface area (Å²) in [6.45, 7) is 3.69. The molecule has 1 saturated heterocycles. The van der Waals surface area contributed by atoms with Crippen molar-refractivity contribution >= 4 is 29.7 Å². The Morgan fingerprint density at radius 1 is 0.970 bits per heavy atom. The van der Waals surface area contributed by atoms with E-state index in [1.54, 1.807) is 30.5 Å². The van der Waals surface area contributed by atoms with Crippen LogP contribution in [0.25, 0.3) is 11.1 Å². The molecule has 0 unspecified atom stereocenters. The number of ether oxygens (including phenoxy) is 4. The third-order valence-electron chi connectivity index (χ3n) is 4.60. The summed E-state index contributed by atoms with van der Waals surface area (Å²) < 4.78 is 22.2. The van der Waals surface area contributed by atoms with Gasteiger partial charge in [0, 0.05) is 38.3 Å². The molecule has 1 aliphatic heterocycles. The average Bonchev–Trinajstić information content (AvgIpc) is 2.77. The molecule has 172 valence electrons. The fraction of sp³-hybridized carbons (Fsp3) is 0.348. The fourth-order valence-electron chi connectivity index (χ4n) is 3.35. The lowest BCUT2D eigenvalue weighted by molar-refractivity contribution is -0.186. The fourth-order valence-corrected chi connectivity index (χ4v) is 4.57. The van der Waals surface area contributed by atoms with Crippen LogP contribution < -0.4 is 4.74 Å². The van der Waals surface area contributed by atoms with Gasteiger partial charge in [-0.2, -0.15) is 5.26 Å². The highest BCUT2D eigenvalue weighted by atomic mass is 32.2. The van der Waals surface area contributed by atoms with E-state index in [0.717, 1.165) is 11.1 Å². The third kappa shape index (κ3) is 6.46. The van der Waals surface area contributed by atoms with E-state index in [0.29, 0.717) is 11.3 Å². The molecule has 10 heteroatoms. The second-order valence-electron chi connectivity index (χ2n) is 7.22. The van der Waals surface area contributed by atoms with E-state index in [9.17, 15) is 14.4 Å². The van der Waals surface area contributed by atoms with E-state index < -0.39 is 41.7 Å². The van der Waals surface area contributed by atoms with Crippen molar-refractivity contribution in [1.29, 1.82) is 5.26 Å². The zero-order valence-corrected chi connectivity index (χ0v) is 19.0. The molecular weight excluding hydrogens is 448 g/mol. The number of thioether (sulfide) groups is 1. The van der Waals surface area contributed by atoms with Gasteiger partial charge in [-0.15, -0.1) is 11.8 Å². The number of benzene rings is 1. The monoisotopic (exact) mass is 470 g/mol. The van der Waals surface area contributed by atoms with Crippen molar-refractivity contribution in [3.8, 4) is 22.9 Å². The number of pyridine rings is 1. The Morgan fingerprint density at radius 2 is 1.67 bits per heavy atom. The zero-order valence-electron chi connectivity index (χ0n) is 18.2. The number of hydrogen-bond donors (Lipinski definition) is 0. The lowest BCUT2D eigenvalue weighted by atomic mass is 10.1. The van der Waals surface area contributed by atoms with Crippen molar-refractivity contribution < 1.29 is 33.3 Å². The highest BCUT2D eigenvalue weighted by Crippen LogP contribution is 2.35. The summed E-state index contributed by atoms with van der Waals surface area (Å²) in [5.74, 6) is -1.11. The van der Waals surface area contributed by atoms with Crippen molar-refractivity contribution in [2.45, 2.75) is 44.5 Å². The van der Waals surface area contributed by atoms with Gasteiger partial charge in [0.25, 0.3) is 0 Å². The largest absolute Gasteiger partial charge is 0.474 e. The summed E-state index contributed by atoms with van der Waals surface area (Å²) in [5.41, 5.74) is 1.26. The smallest absolute Gasteiger partial charge is 0.303 e. The molecule has 0 saturated carbocycles. The SMILES string of the molecule is CC(=O)O[C@@H]1[C@@H](OC(C)=O)[C@H](OC(C)=O)CS[C@H]1Oc1cncc(-c2cccc(C#N)c2)c1. The molecule has 0 radical (unpaired) electrons. The molecule has 0 bridgehead atoms. The van der Waals surface area contributed by atoms with Crippen LogP contribution in [0.2, 0.25) is 0 Å². The first-order valence-electron chi connectivity index (χ1n) is 10.0. The van der Waals surface area contributed by atoms with Crippen molar-refractivity contribution in [3.05, 3.63) is 48.3 Å². The van der Waals surface area contributed by atoms with Crippen LogP contribution in [0, 0.1) is 11.3 Å². The van der Waals surface area contributed by atoms with Crippen LogP contribution in [0.1, 0.15) is 26.3 Å². The van der Waals surface area contributed by atoms with Crippen LogP contribution >= 0.6 is 11.8 Å². The quantitative estimate of drug-likeness (QED) is 0.459. The van der Waals surface area contributed by atoms with E-state index >= 15 is 0 Å². The van der Waals surface area contributed by atoms with Gasteiger partial charge in [0.15, 0.2) is 23.7 Å². The van der Waals surface area contributed by atoms with Gasteiger partial charge in [-0.3, -0.25) is 19.4 Å². The number of rotatable bonds is 6. The minimum atomic E-state index is -1.04. The topological polar surface area (TPSA) is 125 Å². The van der Waals surface area contributed by atoms with Gasteiger partial charge < -0.3 is 18.9 Å². The molecule has 4 atom stereocenters. The summed E-state index contributed by atoms with van der Waals surface area (Å²) in [6.07, 6.45) is 0.269. The Balaban J connectivity index is 1.88. The van der Waals surface area contributed by atoms with Gasteiger partial charge in [0.05, 0.1) is 17.8 Å². The Kier molecular flexibility index (Phi) is 7.90. The van der Waals surface area contributed by atoms with E-state index in [1.165, 1.54) is 38.7 Å². The van der Waals surface area contributed by atoms with Crippen molar-refractivity contribution in [2.24, 2.45) is 0 Å². The summed E-state index contributed by atoms with van der Waals surface area (Å²) in [4.78, 5) is 39.2. The van der Waals surface area contributed by atoms with E-state index in [1.807, 2.05) is 6.07 Å². The van der Waals surface area contributed by atoms with Crippen LogP contribution in [0.5, 0.6) is 5.75 Å². The predicted octanol–water partition coefficient (Wildman–Crippen LogP) is 2.87. The maximum absolute atomic E-state index is 11.8. The predicted molar refractivity (Wildman–Crippen MR) is 118 cm³/mol. The molecule has 0 spiro atoms. The second-order valence-corrected chi connectivity index (χ2v) is 8.35. The number of carbonyl (C=O) groups is 3. The number of aromatic nitrogens is 1. The minimum Gasteiger partial charge on any atom is -0.474 e. The summed E-state index contributed by atoms with van der Waals surface area (Å²) in [6, 6.07) is 10.9. The van der Waals surface area contributed by atoms with Crippen molar-refractivity contribution in [1.82, 2.24) is 4.98 Å². The molecule has 0 amide bonds. The third-order valence-corrected chi connectivity index (χ3v) is 5.81. The number of esters is 3. The summed E-state index contributed by atoms with van der Waals surface area (Å²) >= 11 is 1.26. The molecule has 3 rings (SSSR count). The molecule has 0 aliphatic carbocycles. The van der Waals surface area contributed by atoms with Gasteiger partial charge >= 0.3 is 17.9 Å². The number of hydrogen-bond acceptors (Lipinski definition) is 10. The van der Waals surface area contributed by atoms with Crippen LogP contribution in [-0.2, 0) is 28.6 Å². The summed E-state index contributed by atoms with van der Waals surface area (Å²) in [5, 5.41) is 9.14. The molecule has 33 heavy (non-hydrogen) atoms. The molecular formula is C23H22N2O7S. The van der Waals surface area contributed by atoms with Crippen LogP contribution in [0.4, 0.5) is 0 Å². The Morgan fingerprint density at radius 3 is 2.33 bits per heavy atom. The molecule has 1 aromatic carbocycles. The maximum Gasteiger partial charge on any atom is 0.303 e. The number of nitrogens with zero attached hydrogens (tertiary/aromatic N) is 2. The van der Waals surface area contributed by atoms with Gasteiger partial charge in [0.1, 0.15) is 5.75 Å². The Hall–Kier alpha value is -3.58. The van der Waals surface area contributed by atoms with Gasteiger partial charge in [-0.25, -0.2) is 0 Å². The normalized spacial score (nSPS) is 21.9. The molecule has 1 aromatic heterocycles. The molecule has 1 aliphatic rings. The van der Waals surface area contributed by atoms with Gasteiger partial charge in [0.2, 0.25) is 0 Å². The second kappa shape index (κ2) is 10.8. The first-order valence-corrected chi connectivity index (χ1v) is 11.1. The van der Waals surface area contributed by atoms with E-state index in [4.69, 9.17) is 24.2 Å². The lowest BCUT2D eigenvalue weighted by Gasteiger charge is -2.39. The summed E-state index contributed by atoms with van der Waals surface area (Å²) in [7, 11) is 0. The molecule has 2 heterocycles. The molecule has 1 fully saturated rings. The Bertz CT molecular complexity index is 1080. The first kappa shape index (κ1) is 24.1. The Labute approximate surface area is 195 Å². The van der Waals surface area contributed by atoms with Crippen molar-refractivity contribution in [2.75, 3.05) is 5.75 Å². The lowest BCUT2D eigenvalue weighted by Crippen LogP contribution is -2.55. The zero-order chi connectivity index (χ0) is 24.0. The maximum atomic E-state index is 11.8. The highest BCUT2D eigenvalue weighted by molar-refractivity contribution is 7.99. The van der Waals surface area contributed by atoms with Crippen LogP contribution in [-0.4, -0.2) is 52.4 Å². The molecule has 0 N–H and O–H groups in total. The van der Waals surface area contributed by atoms with Crippen LogP contribution in [0.3, 0.4) is 0 Å². The highest BCUT2D eigenvalue weighted by Gasteiger charge is 2.47. The van der Waals surface area contributed by atoms with Crippen molar-refractivity contribution in [3.63, 3.8) is 0 Å². The number of nitriles is 1. The standard InChI is InChI=1S/C23H22N2O7S/c1-13(26)29-20-12-33-23(22(31-15(3)28)21(20)30-14(2)27)32-19-8-18(10-25-11-19)17-6-4-5-16(7-17)9-24/h4-8,10-11,20-23H,12H2,1-3H3/t20-,21+,22-,23-/m1/s1. The minimum absolute atomic E-state index is 0.261. The van der Waals surface area contributed by atoms with Gasteiger partial charge in [-0.1, -0.05) is 12.1 Å². The first-order chi connectivity index (χ1) is 15.8. The average molecular weight is 471 g/mol. The number of carbonyl (C=O) groups excluding carboxylic acids is 3. The van der Waals surface area contributed by atoms with E-state index in [2.05, 4.69) is 11.1 Å². The molecule has 2 aromatic rings. The van der Waals surface area contributed by atoms with Gasteiger partial charge in [-0.05, 0) is 23.8 Å².